The first kappa shape index (κ1) is 12.3. The van der Waals surface area contributed by atoms with Crippen LogP contribution in [0.5, 0.6) is 0 Å². The second-order valence-electron chi connectivity index (χ2n) is 4.56. The van der Waals surface area contributed by atoms with Gasteiger partial charge in [0.2, 0.25) is 0 Å². The minimum atomic E-state index is 0.0879. The molecular weight excluding hydrogens is 216 g/mol. The third kappa shape index (κ3) is 2.75. The van der Waals surface area contributed by atoms with Gasteiger partial charge in [0.05, 0.1) is 12.3 Å². The van der Waals surface area contributed by atoms with E-state index in [2.05, 4.69) is 12.0 Å². The molecule has 1 aliphatic rings. The first-order valence-electron chi connectivity index (χ1n) is 6.40. The highest BCUT2D eigenvalue weighted by molar-refractivity contribution is 5.83. The molecule has 2 atom stereocenters. The molecule has 4 heteroatoms. The third-order valence-electron chi connectivity index (χ3n) is 3.41. The van der Waals surface area contributed by atoms with E-state index >= 15 is 0 Å². The maximum Gasteiger partial charge on any atom is 0.143 e. The molecule has 1 aromatic rings. The van der Waals surface area contributed by atoms with Crippen LogP contribution >= 0.6 is 0 Å². The molecule has 17 heavy (non-hydrogen) atoms. The molecule has 0 N–H and O–H groups in total. The van der Waals surface area contributed by atoms with E-state index in [4.69, 9.17) is 4.74 Å². The Kier molecular flexibility index (Phi) is 3.94. The van der Waals surface area contributed by atoms with Gasteiger partial charge in [0.15, 0.2) is 0 Å². The Bertz CT molecular complexity index is 387. The summed E-state index contributed by atoms with van der Waals surface area (Å²) in [5.74, 6) is 0.384. The van der Waals surface area contributed by atoms with Crippen LogP contribution in [0.25, 0.3) is 0 Å². The summed E-state index contributed by atoms with van der Waals surface area (Å²) in [7, 11) is 0. The molecule has 2 rings (SSSR count). The van der Waals surface area contributed by atoms with Gasteiger partial charge in [-0.2, -0.15) is 5.10 Å². The van der Waals surface area contributed by atoms with Crippen LogP contribution in [-0.2, 0) is 22.5 Å². The van der Waals surface area contributed by atoms with Crippen LogP contribution in [0.1, 0.15) is 32.3 Å². The van der Waals surface area contributed by atoms with E-state index in [0.29, 0.717) is 12.2 Å². The van der Waals surface area contributed by atoms with Gasteiger partial charge in [-0.25, -0.2) is 0 Å². The van der Waals surface area contributed by atoms with Gasteiger partial charge in [0.1, 0.15) is 5.78 Å². The van der Waals surface area contributed by atoms with E-state index in [-0.39, 0.29) is 12.0 Å². The van der Waals surface area contributed by atoms with Crippen LogP contribution in [0.4, 0.5) is 0 Å². The average Bonchev–Trinajstić information content (AvgIpc) is 2.96. The lowest BCUT2D eigenvalue weighted by molar-refractivity contribution is -0.123. The Balaban J connectivity index is 1.96. The molecule has 1 aromatic heterocycles. The van der Waals surface area contributed by atoms with Crippen LogP contribution < -0.4 is 0 Å². The van der Waals surface area contributed by atoms with Crippen LogP contribution in [0.2, 0.25) is 0 Å². The maximum absolute atomic E-state index is 12.2. The number of hydrogen-bond donors (Lipinski definition) is 0. The topological polar surface area (TPSA) is 44.1 Å². The van der Waals surface area contributed by atoms with Gasteiger partial charge < -0.3 is 4.74 Å². The molecular formula is C13H20N2O2. The van der Waals surface area contributed by atoms with Gasteiger partial charge in [-0.05, 0) is 25.3 Å². The smallest absolute Gasteiger partial charge is 0.143 e. The van der Waals surface area contributed by atoms with E-state index in [1.54, 1.807) is 6.20 Å². The number of aromatic nitrogens is 2. The fraction of sp³-hybridized carbons (Fsp3) is 0.692. The van der Waals surface area contributed by atoms with Crippen molar-refractivity contribution in [1.29, 1.82) is 0 Å². The summed E-state index contributed by atoms with van der Waals surface area (Å²) >= 11 is 0. The second-order valence-corrected chi connectivity index (χ2v) is 4.56. The van der Waals surface area contributed by atoms with Crippen molar-refractivity contribution in [2.45, 2.75) is 45.8 Å². The summed E-state index contributed by atoms with van der Waals surface area (Å²) in [6.45, 7) is 5.68. The number of aryl methyl sites for hydroxylation is 1. The summed E-state index contributed by atoms with van der Waals surface area (Å²) in [6, 6.07) is 0. The Morgan fingerprint density at radius 2 is 2.41 bits per heavy atom. The number of carbonyl (C=O) groups is 1. The summed E-state index contributed by atoms with van der Waals surface area (Å²) < 4.78 is 7.41. The molecule has 2 heterocycles. The molecule has 1 fully saturated rings. The zero-order valence-electron chi connectivity index (χ0n) is 10.6. The number of carbonyl (C=O) groups excluding carboxylic acids is 1. The average molecular weight is 236 g/mol. The fourth-order valence-corrected chi connectivity index (χ4v) is 2.42. The van der Waals surface area contributed by atoms with Crippen LogP contribution in [0, 0.1) is 5.92 Å². The monoisotopic (exact) mass is 236 g/mol. The van der Waals surface area contributed by atoms with Crippen LogP contribution in [-0.4, -0.2) is 28.3 Å². The molecule has 0 spiro atoms. The SMILES string of the molecule is CCC1OCCC1C(=O)Cc1cnn(CC)c1. The Labute approximate surface area is 102 Å². The lowest BCUT2D eigenvalue weighted by Crippen LogP contribution is -2.25. The van der Waals surface area contributed by atoms with Gasteiger partial charge >= 0.3 is 0 Å². The Morgan fingerprint density at radius 3 is 3.06 bits per heavy atom. The molecule has 1 saturated heterocycles. The van der Waals surface area contributed by atoms with Gasteiger partial charge in [-0.1, -0.05) is 6.92 Å². The molecule has 4 nitrogen and oxygen atoms in total. The van der Waals surface area contributed by atoms with Gasteiger partial charge in [0.25, 0.3) is 0 Å². The summed E-state index contributed by atoms with van der Waals surface area (Å²) in [6.07, 6.45) is 6.16. The van der Waals surface area contributed by atoms with Crippen molar-refractivity contribution < 1.29 is 9.53 Å². The van der Waals surface area contributed by atoms with Crippen molar-refractivity contribution >= 4 is 5.78 Å². The summed E-state index contributed by atoms with van der Waals surface area (Å²) in [5, 5.41) is 4.19. The highest BCUT2D eigenvalue weighted by Crippen LogP contribution is 2.25. The van der Waals surface area contributed by atoms with E-state index in [1.165, 1.54) is 0 Å². The quantitative estimate of drug-likeness (QED) is 0.783. The van der Waals surface area contributed by atoms with Gasteiger partial charge in [0, 0.05) is 31.7 Å². The number of Topliss-reactive ketones (excluding diaryl/α,β-unsaturated/α-hetero) is 1. The van der Waals surface area contributed by atoms with Crippen molar-refractivity contribution in [3.05, 3.63) is 18.0 Å². The fourth-order valence-electron chi connectivity index (χ4n) is 2.42. The van der Waals surface area contributed by atoms with E-state index in [1.807, 2.05) is 17.8 Å². The summed E-state index contributed by atoms with van der Waals surface area (Å²) in [4.78, 5) is 12.2. The maximum atomic E-state index is 12.2. The number of ether oxygens (including phenoxy) is 1. The van der Waals surface area contributed by atoms with Crippen molar-refractivity contribution in [3.8, 4) is 0 Å². The molecule has 0 saturated carbocycles. The molecule has 94 valence electrons. The van der Waals surface area contributed by atoms with Gasteiger partial charge in [-0.3, -0.25) is 9.48 Å². The number of hydrogen-bond acceptors (Lipinski definition) is 3. The molecule has 2 unspecified atom stereocenters. The van der Waals surface area contributed by atoms with Crippen molar-refractivity contribution in [2.24, 2.45) is 5.92 Å². The highest BCUT2D eigenvalue weighted by Gasteiger charge is 2.32. The highest BCUT2D eigenvalue weighted by atomic mass is 16.5. The molecule has 0 aliphatic carbocycles. The first-order valence-corrected chi connectivity index (χ1v) is 6.40. The number of ketones is 1. The van der Waals surface area contributed by atoms with Crippen molar-refractivity contribution in [2.75, 3.05) is 6.61 Å². The van der Waals surface area contributed by atoms with Crippen molar-refractivity contribution in [3.63, 3.8) is 0 Å². The zero-order chi connectivity index (χ0) is 12.3. The number of rotatable bonds is 5. The minimum Gasteiger partial charge on any atom is -0.377 e. The molecule has 0 radical (unpaired) electrons. The molecule has 0 aromatic carbocycles. The predicted octanol–water partition coefficient (Wildman–Crippen LogP) is 1.83. The largest absolute Gasteiger partial charge is 0.377 e. The zero-order valence-corrected chi connectivity index (χ0v) is 10.6. The van der Waals surface area contributed by atoms with Gasteiger partial charge in [-0.15, -0.1) is 0 Å². The van der Waals surface area contributed by atoms with E-state index in [9.17, 15) is 4.79 Å². The normalized spacial score (nSPS) is 24.1. The van der Waals surface area contributed by atoms with Crippen LogP contribution in [0.3, 0.4) is 0 Å². The standard InChI is InChI=1S/C13H20N2O2/c1-3-13-11(5-6-17-13)12(16)7-10-8-14-15(4-2)9-10/h8-9,11,13H,3-7H2,1-2H3. The molecule has 0 amide bonds. The minimum absolute atomic E-state index is 0.0879. The summed E-state index contributed by atoms with van der Waals surface area (Å²) in [5.41, 5.74) is 1.01. The lowest BCUT2D eigenvalue weighted by atomic mass is 9.92. The lowest BCUT2D eigenvalue weighted by Gasteiger charge is -2.14. The third-order valence-corrected chi connectivity index (χ3v) is 3.41. The molecule has 0 bridgehead atoms. The predicted molar refractivity (Wildman–Crippen MR) is 64.8 cm³/mol. The first-order chi connectivity index (χ1) is 8.24. The number of nitrogens with zero attached hydrogens (tertiary/aromatic N) is 2. The Hall–Kier alpha value is -1.16. The van der Waals surface area contributed by atoms with Crippen molar-refractivity contribution in [1.82, 2.24) is 9.78 Å². The van der Waals surface area contributed by atoms with Crippen LogP contribution in [0.15, 0.2) is 12.4 Å². The Morgan fingerprint density at radius 1 is 1.59 bits per heavy atom. The van der Waals surface area contributed by atoms with E-state index < -0.39 is 0 Å². The molecule has 1 aliphatic heterocycles. The second kappa shape index (κ2) is 5.45. The van der Waals surface area contributed by atoms with E-state index in [0.717, 1.165) is 31.6 Å².